The van der Waals surface area contributed by atoms with E-state index in [1.807, 2.05) is 26.0 Å². The topological polar surface area (TPSA) is 119 Å². The Morgan fingerprint density at radius 1 is 1.31 bits per heavy atom. The molecular formula is C16H19ClN6O2S. The minimum absolute atomic E-state index is 0. The fraction of sp³-hybridized carbons (Fsp3) is 0.250. The summed E-state index contributed by atoms with van der Waals surface area (Å²) in [5, 5.41) is 9.62. The van der Waals surface area contributed by atoms with Gasteiger partial charge < -0.3 is 11.1 Å². The Kier molecular flexibility index (Phi) is 6.30. The van der Waals surface area contributed by atoms with E-state index in [0.717, 1.165) is 27.5 Å². The molecule has 2 aromatic heterocycles. The fourth-order valence-electron chi connectivity index (χ4n) is 2.33. The zero-order chi connectivity index (χ0) is 18.0. The lowest BCUT2D eigenvalue weighted by Crippen LogP contribution is -2.25. The maximum absolute atomic E-state index is 12.2. The molecule has 0 aliphatic heterocycles. The number of rotatable bonds is 5. The molecule has 0 bridgehead atoms. The predicted molar refractivity (Wildman–Crippen MR) is 104 cm³/mol. The Hall–Kier alpha value is -2.49. The number of halogens is 1. The molecule has 138 valence electrons. The van der Waals surface area contributed by atoms with E-state index in [9.17, 15) is 9.59 Å². The van der Waals surface area contributed by atoms with Crippen molar-refractivity contribution in [2.75, 3.05) is 5.32 Å². The lowest BCUT2D eigenvalue weighted by molar-refractivity contribution is -0.116. The molecule has 0 atom stereocenters. The molecule has 0 aliphatic carbocycles. The van der Waals surface area contributed by atoms with Crippen LogP contribution in [0.15, 0.2) is 29.1 Å². The highest BCUT2D eigenvalue weighted by Gasteiger charge is 2.12. The molecule has 26 heavy (non-hydrogen) atoms. The van der Waals surface area contributed by atoms with Crippen LogP contribution in [0.3, 0.4) is 0 Å². The van der Waals surface area contributed by atoms with Crippen molar-refractivity contribution in [3.63, 3.8) is 0 Å². The van der Waals surface area contributed by atoms with Crippen molar-refractivity contribution >= 4 is 35.3 Å². The van der Waals surface area contributed by atoms with Crippen LogP contribution in [0.2, 0.25) is 0 Å². The van der Waals surface area contributed by atoms with Crippen molar-refractivity contribution in [3.05, 3.63) is 50.3 Å². The van der Waals surface area contributed by atoms with Crippen molar-refractivity contribution in [1.82, 2.24) is 19.7 Å². The third-order valence-electron chi connectivity index (χ3n) is 3.83. The van der Waals surface area contributed by atoms with Crippen LogP contribution < -0.4 is 15.9 Å². The molecule has 1 aromatic carbocycles. The first-order chi connectivity index (χ1) is 12.0. The Morgan fingerprint density at radius 3 is 2.54 bits per heavy atom. The number of carbonyl (C=O) groups excluding carboxylic acids is 1. The molecule has 1 amide bonds. The number of hydrogen-bond acceptors (Lipinski definition) is 6. The quantitative estimate of drug-likeness (QED) is 0.610. The number of nitrogens with zero attached hydrogens (tertiary/aromatic N) is 3. The molecule has 3 aromatic rings. The van der Waals surface area contributed by atoms with Crippen molar-refractivity contribution in [2.45, 2.75) is 26.9 Å². The number of nitrogens with one attached hydrogen (secondary N) is 2. The number of aryl methyl sites for hydroxylation is 1. The van der Waals surface area contributed by atoms with E-state index < -0.39 is 0 Å². The molecule has 3 rings (SSSR count). The van der Waals surface area contributed by atoms with E-state index in [0.29, 0.717) is 23.9 Å². The third-order valence-corrected chi connectivity index (χ3v) is 4.83. The molecule has 2 heterocycles. The van der Waals surface area contributed by atoms with Crippen LogP contribution in [-0.4, -0.2) is 25.7 Å². The normalized spacial score (nSPS) is 10.4. The van der Waals surface area contributed by atoms with Gasteiger partial charge in [0.2, 0.25) is 5.91 Å². The summed E-state index contributed by atoms with van der Waals surface area (Å²) in [7, 11) is 0. The van der Waals surface area contributed by atoms with Gasteiger partial charge >= 0.3 is 4.87 Å². The summed E-state index contributed by atoms with van der Waals surface area (Å²) in [6.07, 6.45) is 0. The van der Waals surface area contributed by atoms with E-state index in [1.165, 1.54) is 4.57 Å². The van der Waals surface area contributed by atoms with Gasteiger partial charge in [0.25, 0.3) is 0 Å². The fourth-order valence-corrected chi connectivity index (χ4v) is 3.16. The number of thiazole rings is 1. The highest BCUT2D eigenvalue weighted by atomic mass is 35.5. The minimum atomic E-state index is -0.251. The number of benzene rings is 1. The Labute approximate surface area is 159 Å². The van der Waals surface area contributed by atoms with Crippen molar-refractivity contribution < 1.29 is 4.79 Å². The summed E-state index contributed by atoms with van der Waals surface area (Å²) in [4.78, 5) is 29.1. The number of hydrogen-bond donors (Lipinski definition) is 3. The van der Waals surface area contributed by atoms with Gasteiger partial charge in [-0.05, 0) is 38.1 Å². The SMILES string of the molecule is Cc1sc(=O)n(CC(=O)Nc2ccc(-c3n[nH]c(CN)n3)cc2)c1C.Cl. The first-order valence-electron chi connectivity index (χ1n) is 7.66. The summed E-state index contributed by atoms with van der Waals surface area (Å²) in [6, 6.07) is 7.15. The average molecular weight is 395 g/mol. The van der Waals surface area contributed by atoms with Gasteiger partial charge in [-0.3, -0.25) is 19.3 Å². The summed E-state index contributed by atoms with van der Waals surface area (Å²) in [5.74, 6) is 0.910. The molecule has 0 unspecified atom stereocenters. The van der Waals surface area contributed by atoms with Crippen LogP contribution in [0.25, 0.3) is 11.4 Å². The molecular weight excluding hydrogens is 376 g/mol. The van der Waals surface area contributed by atoms with Crippen LogP contribution in [-0.2, 0) is 17.9 Å². The second kappa shape index (κ2) is 8.26. The van der Waals surface area contributed by atoms with Crippen LogP contribution in [0, 0.1) is 13.8 Å². The summed E-state index contributed by atoms with van der Waals surface area (Å²) in [5.41, 5.74) is 7.78. The van der Waals surface area contributed by atoms with Crippen LogP contribution in [0.1, 0.15) is 16.4 Å². The smallest absolute Gasteiger partial charge is 0.308 e. The van der Waals surface area contributed by atoms with Crippen LogP contribution in [0.5, 0.6) is 0 Å². The zero-order valence-electron chi connectivity index (χ0n) is 14.3. The molecule has 0 saturated carbocycles. The van der Waals surface area contributed by atoms with Crippen molar-refractivity contribution in [1.29, 1.82) is 0 Å². The van der Waals surface area contributed by atoms with Gasteiger partial charge in [0.15, 0.2) is 5.82 Å². The Morgan fingerprint density at radius 2 is 2.00 bits per heavy atom. The van der Waals surface area contributed by atoms with Gasteiger partial charge in [-0.15, -0.1) is 12.4 Å². The minimum Gasteiger partial charge on any atom is -0.325 e. The third kappa shape index (κ3) is 4.18. The van der Waals surface area contributed by atoms with Crippen LogP contribution in [0.4, 0.5) is 5.69 Å². The van der Waals surface area contributed by atoms with Gasteiger partial charge in [-0.25, -0.2) is 4.98 Å². The molecule has 0 spiro atoms. The standard InChI is InChI=1S/C16H18N6O2S.ClH/c1-9-10(2)25-16(24)22(9)8-14(23)18-12-5-3-11(4-6-12)15-19-13(7-17)20-21-15;/h3-6H,7-8,17H2,1-2H3,(H,18,23)(H,19,20,21);1H. The summed E-state index contributed by atoms with van der Waals surface area (Å²) in [6.45, 7) is 4.00. The number of carbonyl (C=O) groups is 1. The number of anilines is 1. The molecule has 0 fully saturated rings. The predicted octanol–water partition coefficient (Wildman–Crippen LogP) is 1.83. The van der Waals surface area contributed by atoms with Crippen LogP contribution >= 0.6 is 23.7 Å². The first kappa shape index (κ1) is 19.8. The van der Waals surface area contributed by atoms with E-state index in [-0.39, 0.29) is 29.7 Å². The maximum Gasteiger partial charge on any atom is 0.308 e. The number of aromatic amines is 1. The van der Waals surface area contributed by atoms with E-state index >= 15 is 0 Å². The van der Waals surface area contributed by atoms with Gasteiger partial charge in [-0.2, -0.15) is 5.10 Å². The molecule has 10 heteroatoms. The van der Waals surface area contributed by atoms with E-state index in [2.05, 4.69) is 20.5 Å². The second-order valence-electron chi connectivity index (χ2n) is 5.53. The number of amides is 1. The second-order valence-corrected chi connectivity index (χ2v) is 6.70. The zero-order valence-corrected chi connectivity index (χ0v) is 15.9. The molecule has 8 nitrogen and oxygen atoms in total. The van der Waals surface area contributed by atoms with E-state index in [1.54, 1.807) is 12.1 Å². The van der Waals surface area contributed by atoms with Gasteiger partial charge in [-0.1, -0.05) is 11.3 Å². The first-order valence-corrected chi connectivity index (χ1v) is 8.48. The summed E-state index contributed by atoms with van der Waals surface area (Å²) < 4.78 is 1.48. The molecule has 4 N–H and O–H groups in total. The maximum atomic E-state index is 12.2. The van der Waals surface area contributed by atoms with Gasteiger partial charge in [0.1, 0.15) is 12.4 Å². The number of H-pyrrole nitrogens is 1. The van der Waals surface area contributed by atoms with E-state index in [4.69, 9.17) is 5.73 Å². The average Bonchev–Trinajstić information content (AvgIpc) is 3.16. The van der Waals surface area contributed by atoms with Gasteiger partial charge in [0.05, 0.1) is 6.54 Å². The molecule has 0 radical (unpaired) electrons. The van der Waals surface area contributed by atoms with Gasteiger partial charge in [0, 0.05) is 21.8 Å². The number of aromatic nitrogens is 4. The lowest BCUT2D eigenvalue weighted by atomic mass is 10.2. The number of nitrogens with two attached hydrogens (primary N) is 1. The van der Waals surface area contributed by atoms with Crippen molar-refractivity contribution in [3.8, 4) is 11.4 Å². The molecule has 0 saturated heterocycles. The monoisotopic (exact) mass is 394 g/mol. The highest BCUT2D eigenvalue weighted by molar-refractivity contribution is 7.09. The van der Waals surface area contributed by atoms with Crippen molar-refractivity contribution in [2.24, 2.45) is 5.73 Å². The lowest BCUT2D eigenvalue weighted by Gasteiger charge is -2.07. The molecule has 0 aliphatic rings. The highest BCUT2D eigenvalue weighted by Crippen LogP contribution is 2.18. The summed E-state index contributed by atoms with van der Waals surface area (Å²) >= 11 is 1.15. The largest absolute Gasteiger partial charge is 0.325 e. The Balaban J connectivity index is 0.00000243. The Bertz CT molecular complexity index is 960.